The molecule has 38 heavy (non-hydrogen) atoms. The quantitative estimate of drug-likeness (QED) is 0.416. The minimum absolute atomic E-state index is 0.209. The van der Waals surface area contributed by atoms with E-state index in [1.54, 1.807) is 18.5 Å². The molecule has 3 N–H and O–H groups in total. The molecule has 3 aromatic rings. The number of aromatic nitrogens is 3. The van der Waals surface area contributed by atoms with E-state index in [1.165, 1.54) is 0 Å². The molecule has 202 valence electrons. The number of hydrogen-bond donors (Lipinski definition) is 2. The summed E-state index contributed by atoms with van der Waals surface area (Å²) in [6, 6.07) is 15.9. The Labute approximate surface area is 219 Å². The molecule has 0 bridgehead atoms. The maximum Gasteiger partial charge on any atom is 0.397 e. The van der Waals surface area contributed by atoms with Crippen molar-refractivity contribution in [1.29, 1.82) is 0 Å². The SMILES string of the molecule is NC(=O)c1ccc(Cc2ncn(C3CCN(CC[C@H](NC(=O)CC(F)(F)F)c4ccccc4)CC3)n2)cc1. The van der Waals surface area contributed by atoms with Gasteiger partial charge in [0, 0.05) is 31.6 Å². The van der Waals surface area contributed by atoms with Crippen LogP contribution in [0.4, 0.5) is 13.2 Å². The number of likely N-dealkylation sites (tertiary alicyclic amines) is 1. The van der Waals surface area contributed by atoms with Gasteiger partial charge in [0.25, 0.3) is 0 Å². The van der Waals surface area contributed by atoms with Crippen LogP contribution in [0.25, 0.3) is 0 Å². The van der Waals surface area contributed by atoms with Crippen LogP contribution in [-0.2, 0) is 11.2 Å². The van der Waals surface area contributed by atoms with E-state index in [0.717, 1.165) is 37.1 Å². The molecule has 0 unspecified atom stereocenters. The van der Waals surface area contributed by atoms with Gasteiger partial charge < -0.3 is 16.0 Å². The van der Waals surface area contributed by atoms with Crippen LogP contribution in [0, 0.1) is 0 Å². The highest BCUT2D eigenvalue weighted by Gasteiger charge is 2.32. The monoisotopic (exact) mass is 528 g/mol. The highest BCUT2D eigenvalue weighted by Crippen LogP contribution is 2.25. The second kappa shape index (κ2) is 12.2. The summed E-state index contributed by atoms with van der Waals surface area (Å²) >= 11 is 0. The molecule has 11 heteroatoms. The number of primary amides is 1. The Morgan fingerprint density at radius 3 is 2.37 bits per heavy atom. The number of nitrogens with one attached hydrogen (secondary N) is 1. The number of halogens is 3. The molecule has 1 fully saturated rings. The fourth-order valence-corrected chi connectivity index (χ4v) is 4.69. The zero-order valence-electron chi connectivity index (χ0n) is 20.9. The van der Waals surface area contributed by atoms with Crippen molar-refractivity contribution in [2.24, 2.45) is 5.73 Å². The Morgan fingerprint density at radius 1 is 1.05 bits per heavy atom. The summed E-state index contributed by atoms with van der Waals surface area (Å²) in [7, 11) is 0. The molecule has 2 amide bonds. The van der Waals surface area contributed by atoms with Crippen LogP contribution < -0.4 is 11.1 Å². The third-order valence-corrected chi connectivity index (χ3v) is 6.72. The number of benzene rings is 2. The number of nitrogens with two attached hydrogens (primary N) is 1. The lowest BCUT2D eigenvalue weighted by molar-refractivity contribution is -0.154. The van der Waals surface area contributed by atoms with E-state index >= 15 is 0 Å². The van der Waals surface area contributed by atoms with E-state index in [9.17, 15) is 22.8 Å². The predicted molar refractivity (Wildman–Crippen MR) is 135 cm³/mol. The molecule has 8 nitrogen and oxygen atoms in total. The van der Waals surface area contributed by atoms with Crippen molar-refractivity contribution in [2.75, 3.05) is 19.6 Å². The number of piperidine rings is 1. The maximum absolute atomic E-state index is 12.7. The average Bonchev–Trinajstić information content (AvgIpc) is 3.35. The first-order valence-corrected chi connectivity index (χ1v) is 12.6. The summed E-state index contributed by atoms with van der Waals surface area (Å²) in [6.45, 7) is 2.28. The normalized spacial score (nSPS) is 15.8. The minimum atomic E-state index is -4.54. The lowest BCUT2D eigenvalue weighted by Crippen LogP contribution is -2.38. The van der Waals surface area contributed by atoms with Crippen LogP contribution in [0.1, 0.15) is 65.1 Å². The number of nitrogens with zero attached hydrogens (tertiary/aromatic N) is 4. The van der Waals surface area contributed by atoms with Crippen LogP contribution in [0.5, 0.6) is 0 Å². The topological polar surface area (TPSA) is 106 Å². The Balaban J connectivity index is 1.28. The molecule has 2 aromatic carbocycles. The zero-order valence-corrected chi connectivity index (χ0v) is 20.9. The fraction of sp³-hybridized carbons (Fsp3) is 0.407. The van der Waals surface area contributed by atoms with Crippen LogP contribution >= 0.6 is 0 Å². The Bertz CT molecular complexity index is 1210. The molecule has 1 aliphatic rings. The third-order valence-electron chi connectivity index (χ3n) is 6.72. The Kier molecular flexibility index (Phi) is 8.77. The number of carbonyl (C=O) groups excluding carboxylic acids is 2. The molecule has 1 aromatic heterocycles. The zero-order chi connectivity index (χ0) is 27.1. The van der Waals surface area contributed by atoms with Gasteiger partial charge in [0.1, 0.15) is 12.7 Å². The lowest BCUT2D eigenvalue weighted by atomic mass is 10.0. The second-order valence-electron chi connectivity index (χ2n) is 9.56. The van der Waals surface area contributed by atoms with Crippen LogP contribution in [0.15, 0.2) is 60.9 Å². The summed E-state index contributed by atoms with van der Waals surface area (Å²) in [5.41, 5.74) is 7.52. The van der Waals surface area contributed by atoms with Crippen LogP contribution in [0.3, 0.4) is 0 Å². The van der Waals surface area contributed by atoms with Gasteiger partial charge in [0.05, 0.1) is 12.1 Å². The summed E-state index contributed by atoms with van der Waals surface area (Å²) < 4.78 is 39.9. The van der Waals surface area contributed by atoms with E-state index in [0.29, 0.717) is 30.8 Å². The van der Waals surface area contributed by atoms with Crippen molar-refractivity contribution < 1.29 is 22.8 Å². The number of rotatable bonds is 10. The van der Waals surface area contributed by atoms with Gasteiger partial charge in [-0.05, 0) is 42.5 Å². The van der Waals surface area contributed by atoms with Gasteiger partial charge in [-0.3, -0.25) is 9.59 Å². The molecule has 1 saturated heterocycles. The van der Waals surface area contributed by atoms with E-state index < -0.39 is 30.5 Å². The molecule has 4 rings (SSSR count). The van der Waals surface area contributed by atoms with Gasteiger partial charge in [0.2, 0.25) is 11.8 Å². The number of hydrogen-bond acceptors (Lipinski definition) is 5. The summed E-state index contributed by atoms with van der Waals surface area (Å²) in [5.74, 6) is -0.789. The second-order valence-corrected chi connectivity index (χ2v) is 9.56. The molecule has 1 aliphatic heterocycles. The highest BCUT2D eigenvalue weighted by atomic mass is 19.4. The van der Waals surface area contributed by atoms with Crippen molar-refractivity contribution in [3.63, 3.8) is 0 Å². The Hall–Kier alpha value is -3.73. The standard InChI is InChI=1S/C27H31F3N6O2/c28-27(29,30)17-25(37)33-23(20-4-2-1-3-5-20)12-15-35-13-10-22(11-14-35)36-18-32-24(34-36)16-19-6-8-21(9-7-19)26(31)38/h1-9,18,22-23H,10-17H2,(H2,31,38)(H,33,37)/t23-/m0/s1. The van der Waals surface area contributed by atoms with Gasteiger partial charge in [-0.15, -0.1) is 0 Å². The molecule has 0 aliphatic carbocycles. The maximum atomic E-state index is 12.7. The smallest absolute Gasteiger partial charge is 0.366 e. The molecular formula is C27H31F3N6O2. The van der Waals surface area contributed by atoms with E-state index in [1.807, 2.05) is 47.1 Å². The molecule has 2 heterocycles. The predicted octanol–water partition coefficient (Wildman–Crippen LogP) is 3.80. The minimum Gasteiger partial charge on any atom is -0.366 e. The molecule has 0 saturated carbocycles. The van der Waals surface area contributed by atoms with Crippen molar-refractivity contribution in [2.45, 2.75) is 50.4 Å². The number of amides is 2. The largest absolute Gasteiger partial charge is 0.397 e. The van der Waals surface area contributed by atoms with Gasteiger partial charge in [-0.2, -0.15) is 18.3 Å². The van der Waals surface area contributed by atoms with E-state index in [2.05, 4.69) is 20.3 Å². The van der Waals surface area contributed by atoms with Gasteiger partial charge in [-0.1, -0.05) is 42.5 Å². The lowest BCUT2D eigenvalue weighted by Gasteiger charge is -2.33. The summed E-state index contributed by atoms with van der Waals surface area (Å²) in [5, 5.41) is 7.21. The molecule has 1 atom stereocenters. The van der Waals surface area contributed by atoms with Crippen molar-refractivity contribution in [3.05, 3.63) is 83.4 Å². The molecule has 0 radical (unpaired) electrons. The summed E-state index contributed by atoms with van der Waals surface area (Å²) in [6.07, 6.45) is -1.48. The van der Waals surface area contributed by atoms with E-state index in [4.69, 9.17) is 5.73 Å². The van der Waals surface area contributed by atoms with Crippen molar-refractivity contribution >= 4 is 11.8 Å². The van der Waals surface area contributed by atoms with Crippen LogP contribution in [0.2, 0.25) is 0 Å². The fourth-order valence-electron chi connectivity index (χ4n) is 4.69. The third kappa shape index (κ3) is 7.88. The van der Waals surface area contributed by atoms with E-state index in [-0.39, 0.29) is 6.04 Å². The van der Waals surface area contributed by atoms with Crippen molar-refractivity contribution in [1.82, 2.24) is 25.0 Å². The van der Waals surface area contributed by atoms with Crippen LogP contribution in [-0.4, -0.2) is 57.3 Å². The highest BCUT2D eigenvalue weighted by molar-refractivity contribution is 5.92. The number of carbonyl (C=O) groups is 2. The number of alkyl halides is 3. The van der Waals surface area contributed by atoms with Gasteiger partial charge in [-0.25, -0.2) is 9.67 Å². The summed E-state index contributed by atoms with van der Waals surface area (Å²) in [4.78, 5) is 29.9. The first kappa shape index (κ1) is 27.3. The molecular weight excluding hydrogens is 497 g/mol. The van der Waals surface area contributed by atoms with Gasteiger partial charge in [0.15, 0.2) is 5.82 Å². The first-order valence-electron chi connectivity index (χ1n) is 12.6. The Morgan fingerprint density at radius 2 is 1.74 bits per heavy atom. The van der Waals surface area contributed by atoms with Gasteiger partial charge >= 0.3 is 6.18 Å². The van der Waals surface area contributed by atoms with Crippen molar-refractivity contribution in [3.8, 4) is 0 Å². The molecule has 0 spiro atoms. The first-order chi connectivity index (χ1) is 18.2. The average molecular weight is 529 g/mol.